The van der Waals surface area contributed by atoms with E-state index >= 15 is 0 Å². The van der Waals surface area contributed by atoms with Gasteiger partial charge in [-0.15, -0.1) is 0 Å². The quantitative estimate of drug-likeness (QED) is 0.507. The molecule has 52 valence electrons. The standard InChI is InChI=1S/C8H15N/c1-2-9-6-5-8(7-9)3-4-8/h2-7H2,1H3/p+1. The molecule has 9 heavy (non-hydrogen) atoms. The summed E-state index contributed by atoms with van der Waals surface area (Å²) in [6, 6.07) is 0. The van der Waals surface area contributed by atoms with Crippen LogP contribution in [0, 0.1) is 5.41 Å². The number of rotatable bonds is 1. The van der Waals surface area contributed by atoms with Crippen molar-refractivity contribution in [1.82, 2.24) is 0 Å². The van der Waals surface area contributed by atoms with E-state index in [1.807, 2.05) is 4.90 Å². The highest BCUT2D eigenvalue weighted by atomic mass is 15.2. The molecule has 1 heterocycles. The van der Waals surface area contributed by atoms with Crippen LogP contribution in [0.4, 0.5) is 0 Å². The zero-order valence-corrected chi connectivity index (χ0v) is 6.24. The normalized spacial score (nSPS) is 37.7. The Hall–Kier alpha value is -0.0400. The van der Waals surface area contributed by atoms with Crippen LogP contribution in [-0.4, -0.2) is 19.6 Å². The lowest BCUT2D eigenvalue weighted by atomic mass is 10.1. The van der Waals surface area contributed by atoms with E-state index in [0.717, 1.165) is 5.41 Å². The predicted molar refractivity (Wildman–Crippen MR) is 37.5 cm³/mol. The summed E-state index contributed by atoms with van der Waals surface area (Å²) < 4.78 is 0. The maximum Gasteiger partial charge on any atom is 0.0830 e. The van der Waals surface area contributed by atoms with Crippen molar-refractivity contribution in [3.05, 3.63) is 0 Å². The molecule has 0 bridgehead atoms. The molecule has 0 radical (unpaired) electrons. The first-order valence-corrected chi connectivity index (χ1v) is 4.18. The van der Waals surface area contributed by atoms with E-state index in [2.05, 4.69) is 6.92 Å². The number of nitrogens with one attached hydrogen (secondary N) is 1. The van der Waals surface area contributed by atoms with Crippen molar-refractivity contribution in [3.8, 4) is 0 Å². The molecule has 1 saturated heterocycles. The molecule has 0 aromatic heterocycles. The van der Waals surface area contributed by atoms with E-state index in [4.69, 9.17) is 0 Å². The van der Waals surface area contributed by atoms with Crippen molar-refractivity contribution in [2.24, 2.45) is 5.41 Å². The molecule has 2 fully saturated rings. The number of hydrogen-bond donors (Lipinski definition) is 1. The van der Waals surface area contributed by atoms with Crippen molar-refractivity contribution in [3.63, 3.8) is 0 Å². The summed E-state index contributed by atoms with van der Waals surface area (Å²) in [5.41, 5.74) is 0.880. The first-order valence-electron chi connectivity index (χ1n) is 4.18. The minimum Gasteiger partial charge on any atom is -0.335 e. The van der Waals surface area contributed by atoms with Crippen LogP contribution in [0.3, 0.4) is 0 Å². The molecule has 1 aliphatic heterocycles. The molecule has 1 aliphatic carbocycles. The summed E-state index contributed by atoms with van der Waals surface area (Å²) >= 11 is 0. The lowest BCUT2D eigenvalue weighted by Crippen LogP contribution is -3.10. The van der Waals surface area contributed by atoms with Crippen molar-refractivity contribution in [1.29, 1.82) is 0 Å². The van der Waals surface area contributed by atoms with Crippen molar-refractivity contribution in [2.45, 2.75) is 26.2 Å². The smallest absolute Gasteiger partial charge is 0.0830 e. The Bertz CT molecular complexity index is 116. The van der Waals surface area contributed by atoms with E-state index in [0.29, 0.717) is 0 Å². The summed E-state index contributed by atoms with van der Waals surface area (Å²) in [5.74, 6) is 0. The zero-order valence-electron chi connectivity index (χ0n) is 6.24. The first kappa shape index (κ1) is 5.72. The molecule has 1 unspecified atom stereocenters. The Morgan fingerprint density at radius 3 is 2.44 bits per heavy atom. The molecule has 1 saturated carbocycles. The van der Waals surface area contributed by atoms with Crippen molar-refractivity contribution >= 4 is 0 Å². The first-order chi connectivity index (χ1) is 4.35. The number of hydrogen-bond acceptors (Lipinski definition) is 0. The Balaban J connectivity index is 1.93. The number of likely N-dealkylation sites (tertiary alicyclic amines) is 1. The Labute approximate surface area is 57.0 Å². The summed E-state index contributed by atoms with van der Waals surface area (Å²) in [4.78, 5) is 1.84. The van der Waals surface area contributed by atoms with Gasteiger partial charge in [0.25, 0.3) is 0 Å². The van der Waals surface area contributed by atoms with Crippen LogP contribution in [0.1, 0.15) is 26.2 Å². The van der Waals surface area contributed by atoms with Gasteiger partial charge in [0.15, 0.2) is 0 Å². The fourth-order valence-corrected chi connectivity index (χ4v) is 2.05. The van der Waals surface area contributed by atoms with E-state index in [9.17, 15) is 0 Å². The van der Waals surface area contributed by atoms with Gasteiger partial charge in [0.05, 0.1) is 19.6 Å². The third-order valence-corrected chi connectivity index (χ3v) is 3.09. The Morgan fingerprint density at radius 1 is 1.33 bits per heavy atom. The fraction of sp³-hybridized carbons (Fsp3) is 1.00. The van der Waals surface area contributed by atoms with Crippen molar-refractivity contribution < 1.29 is 4.90 Å². The summed E-state index contributed by atoms with van der Waals surface area (Å²) in [7, 11) is 0. The molecule has 2 aliphatic rings. The average Bonchev–Trinajstić information content (AvgIpc) is 2.44. The van der Waals surface area contributed by atoms with E-state index in [-0.39, 0.29) is 0 Å². The number of quaternary nitrogens is 1. The molecule has 2 rings (SSSR count). The summed E-state index contributed by atoms with van der Waals surface area (Å²) in [5, 5.41) is 0. The van der Waals surface area contributed by atoms with Crippen LogP contribution in [-0.2, 0) is 0 Å². The van der Waals surface area contributed by atoms with Gasteiger partial charge in [0.2, 0.25) is 0 Å². The fourth-order valence-electron chi connectivity index (χ4n) is 2.05. The second-order valence-corrected chi connectivity index (χ2v) is 3.78. The van der Waals surface area contributed by atoms with E-state index in [1.165, 1.54) is 38.9 Å². The molecule has 0 aromatic rings. The second-order valence-electron chi connectivity index (χ2n) is 3.78. The van der Waals surface area contributed by atoms with Crippen LogP contribution in [0.25, 0.3) is 0 Å². The Morgan fingerprint density at radius 2 is 2.11 bits per heavy atom. The molecular formula is C8H16N+. The monoisotopic (exact) mass is 126 g/mol. The molecular weight excluding hydrogens is 110 g/mol. The highest BCUT2D eigenvalue weighted by Crippen LogP contribution is 2.48. The SMILES string of the molecule is CC[NH+]1CCC2(CC2)C1. The van der Waals surface area contributed by atoms with Crippen LogP contribution in [0.2, 0.25) is 0 Å². The Kier molecular flexibility index (Phi) is 1.10. The van der Waals surface area contributed by atoms with Gasteiger partial charge in [0, 0.05) is 11.8 Å². The third-order valence-electron chi connectivity index (χ3n) is 3.09. The van der Waals surface area contributed by atoms with Gasteiger partial charge in [-0.2, -0.15) is 0 Å². The summed E-state index contributed by atoms with van der Waals surface area (Å²) in [6.45, 7) is 6.60. The summed E-state index contributed by atoms with van der Waals surface area (Å²) in [6.07, 6.45) is 4.60. The molecule has 1 N–H and O–H groups in total. The molecule has 0 amide bonds. The van der Waals surface area contributed by atoms with Gasteiger partial charge in [-0.3, -0.25) is 0 Å². The van der Waals surface area contributed by atoms with E-state index in [1.54, 1.807) is 0 Å². The van der Waals surface area contributed by atoms with Gasteiger partial charge in [-0.05, 0) is 19.8 Å². The maximum absolute atomic E-state index is 2.30. The highest BCUT2D eigenvalue weighted by molar-refractivity contribution is 4.94. The maximum atomic E-state index is 2.30. The molecule has 1 spiro atoms. The van der Waals surface area contributed by atoms with Gasteiger partial charge in [-0.1, -0.05) is 0 Å². The highest BCUT2D eigenvalue weighted by Gasteiger charge is 2.50. The van der Waals surface area contributed by atoms with Crippen LogP contribution in [0.15, 0.2) is 0 Å². The largest absolute Gasteiger partial charge is 0.335 e. The second kappa shape index (κ2) is 1.72. The van der Waals surface area contributed by atoms with Gasteiger partial charge in [0.1, 0.15) is 0 Å². The topological polar surface area (TPSA) is 4.44 Å². The van der Waals surface area contributed by atoms with Gasteiger partial charge < -0.3 is 4.90 Å². The molecule has 1 atom stereocenters. The van der Waals surface area contributed by atoms with Crippen molar-refractivity contribution in [2.75, 3.05) is 19.6 Å². The molecule has 1 heteroatoms. The minimum absolute atomic E-state index is 0.880. The van der Waals surface area contributed by atoms with Crippen LogP contribution < -0.4 is 4.90 Å². The molecule has 0 aromatic carbocycles. The third kappa shape index (κ3) is 0.877. The van der Waals surface area contributed by atoms with Gasteiger partial charge >= 0.3 is 0 Å². The molecule has 1 nitrogen and oxygen atoms in total. The van der Waals surface area contributed by atoms with Crippen LogP contribution in [0.5, 0.6) is 0 Å². The van der Waals surface area contributed by atoms with E-state index < -0.39 is 0 Å². The lowest BCUT2D eigenvalue weighted by Gasteiger charge is -2.08. The van der Waals surface area contributed by atoms with Crippen LogP contribution >= 0.6 is 0 Å². The van der Waals surface area contributed by atoms with Gasteiger partial charge in [-0.25, -0.2) is 0 Å². The minimum atomic E-state index is 0.880. The zero-order chi connectivity index (χ0) is 6.32. The average molecular weight is 126 g/mol. The predicted octanol–water partition coefficient (Wildman–Crippen LogP) is 0.0751. The lowest BCUT2D eigenvalue weighted by molar-refractivity contribution is -0.887.